The van der Waals surface area contributed by atoms with E-state index in [0.717, 1.165) is 19.6 Å². The van der Waals surface area contributed by atoms with Crippen LogP contribution in [0.25, 0.3) is 0 Å². The Bertz CT molecular complexity index is 271. The number of hydrogen-bond acceptors (Lipinski definition) is 3. The molecule has 0 spiro atoms. The molecule has 0 saturated carbocycles. The highest BCUT2D eigenvalue weighted by molar-refractivity contribution is 7.09. The smallest absolute Gasteiger partial charge is 0.113 e. The summed E-state index contributed by atoms with van der Waals surface area (Å²) in [7, 11) is 0. The molecule has 1 fully saturated rings. The van der Waals surface area contributed by atoms with Crippen LogP contribution in [0, 0.1) is 5.41 Å². The van der Waals surface area contributed by atoms with Crippen molar-refractivity contribution in [1.29, 1.82) is 0 Å². The maximum atomic E-state index is 5.76. The minimum Gasteiger partial charge on any atom is -0.362 e. The summed E-state index contributed by atoms with van der Waals surface area (Å²) in [5.74, 6) is 0. The molecule has 0 aromatic carbocycles. The maximum absolute atomic E-state index is 5.76. The van der Waals surface area contributed by atoms with Crippen molar-refractivity contribution in [2.75, 3.05) is 13.2 Å². The molecular weight excluding hydrogens is 194 g/mol. The molecule has 2 nitrogen and oxygen atoms in total. The van der Waals surface area contributed by atoms with Crippen molar-refractivity contribution in [2.45, 2.75) is 26.5 Å². The summed E-state index contributed by atoms with van der Waals surface area (Å²) in [6, 6.07) is 4.25. The van der Waals surface area contributed by atoms with Gasteiger partial charge >= 0.3 is 0 Å². The number of hydrogen-bond donors (Lipinski definition) is 1. The fourth-order valence-corrected chi connectivity index (χ4v) is 2.31. The highest BCUT2D eigenvalue weighted by Crippen LogP contribution is 2.21. The van der Waals surface area contributed by atoms with E-state index in [4.69, 9.17) is 4.74 Å². The largest absolute Gasteiger partial charge is 0.362 e. The Balaban J connectivity index is 1.85. The van der Waals surface area contributed by atoms with Gasteiger partial charge in [0.2, 0.25) is 0 Å². The minimum absolute atomic E-state index is 0.210. The van der Waals surface area contributed by atoms with E-state index in [1.165, 1.54) is 4.88 Å². The summed E-state index contributed by atoms with van der Waals surface area (Å²) in [4.78, 5) is 1.39. The second-order valence-electron chi connectivity index (χ2n) is 4.63. The molecule has 0 radical (unpaired) electrons. The van der Waals surface area contributed by atoms with Gasteiger partial charge in [-0.3, -0.25) is 5.32 Å². The average Bonchev–Trinajstić information content (AvgIpc) is 2.61. The van der Waals surface area contributed by atoms with E-state index >= 15 is 0 Å². The van der Waals surface area contributed by atoms with Crippen LogP contribution in [-0.4, -0.2) is 19.4 Å². The molecule has 2 rings (SSSR count). The van der Waals surface area contributed by atoms with Gasteiger partial charge in [-0.2, -0.15) is 0 Å². The Labute approximate surface area is 89.3 Å². The van der Waals surface area contributed by atoms with Crippen LogP contribution in [0.2, 0.25) is 0 Å². The summed E-state index contributed by atoms with van der Waals surface area (Å²) >= 11 is 1.80. The van der Waals surface area contributed by atoms with Crippen LogP contribution in [0.1, 0.15) is 18.7 Å². The molecule has 0 aliphatic carbocycles. The SMILES string of the molecule is CC1(C)CNC(Cc2cccs2)OC1. The monoisotopic (exact) mass is 211 g/mol. The van der Waals surface area contributed by atoms with Crippen LogP contribution in [0.5, 0.6) is 0 Å². The van der Waals surface area contributed by atoms with E-state index in [1.54, 1.807) is 11.3 Å². The lowest BCUT2D eigenvalue weighted by atomic mass is 9.93. The van der Waals surface area contributed by atoms with Crippen LogP contribution in [0.4, 0.5) is 0 Å². The first-order chi connectivity index (χ1) is 6.66. The Kier molecular flexibility index (Phi) is 2.91. The van der Waals surface area contributed by atoms with Gasteiger partial charge in [-0.15, -0.1) is 11.3 Å². The Hall–Kier alpha value is -0.380. The van der Waals surface area contributed by atoms with Crippen molar-refractivity contribution in [1.82, 2.24) is 5.32 Å². The summed E-state index contributed by atoms with van der Waals surface area (Å²) in [5.41, 5.74) is 0.284. The van der Waals surface area contributed by atoms with Gasteiger partial charge in [-0.25, -0.2) is 0 Å². The third-order valence-corrected chi connectivity index (χ3v) is 3.35. The van der Waals surface area contributed by atoms with E-state index in [1.807, 2.05) is 0 Å². The topological polar surface area (TPSA) is 21.3 Å². The lowest BCUT2D eigenvalue weighted by Gasteiger charge is -2.35. The molecule has 78 valence electrons. The first-order valence-electron chi connectivity index (χ1n) is 5.03. The van der Waals surface area contributed by atoms with Crippen molar-refractivity contribution >= 4 is 11.3 Å². The summed E-state index contributed by atoms with van der Waals surface area (Å²) < 4.78 is 5.76. The Morgan fingerprint density at radius 1 is 1.64 bits per heavy atom. The van der Waals surface area contributed by atoms with Crippen LogP contribution in [0.3, 0.4) is 0 Å². The molecule has 2 heterocycles. The van der Waals surface area contributed by atoms with Crippen molar-refractivity contribution in [3.8, 4) is 0 Å². The molecule has 1 aliphatic heterocycles. The quantitative estimate of drug-likeness (QED) is 0.810. The Morgan fingerprint density at radius 3 is 3.07 bits per heavy atom. The normalized spacial score (nSPS) is 26.3. The van der Waals surface area contributed by atoms with Gasteiger partial charge in [0, 0.05) is 23.3 Å². The fraction of sp³-hybridized carbons (Fsp3) is 0.636. The van der Waals surface area contributed by atoms with Crippen molar-refractivity contribution in [3.63, 3.8) is 0 Å². The van der Waals surface area contributed by atoms with Gasteiger partial charge < -0.3 is 4.74 Å². The summed E-state index contributed by atoms with van der Waals surface area (Å²) in [5, 5.41) is 5.55. The predicted molar refractivity (Wildman–Crippen MR) is 59.5 cm³/mol. The zero-order valence-corrected chi connectivity index (χ0v) is 9.56. The third kappa shape index (κ3) is 2.56. The van der Waals surface area contributed by atoms with E-state index < -0.39 is 0 Å². The van der Waals surface area contributed by atoms with E-state index in [0.29, 0.717) is 0 Å². The molecule has 1 saturated heterocycles. The molecule has 1 N–H and O–H groups in total. The third-order valence-electron chi connectivity index (χ3n) is 2.45. The van der Waals surface area contributed by atoms with Crippen LogP contribution in [-0.2, 0) is 11.2 Å². The average molecular weight is 211 g/mol. The zero-order chi connectivity index (χ0) is 10.0. The molecular formula is C11H17NOS. The molecule has 1 aliphatic rings. The van der Waals surface area contributed by atoms with E-state index in [9.17, 15) is 0 Å². The van der Waals surface area contributed by atoms with Crippen molar-refractivity contribution in [3.05, 3.63) is 22.4 Å². The van der Waals surface area contributed by atoms with Gasteiger partial charge in [-0.1, -0.05) is 19.9 Å². The maximum Gasteiger partial charge on any atom is 0.113 e. The first kappa shape index (κ1) is 10.1. The molecule has 14 heavy (non-hydrogen) atoms. The van der Waals surface area contributed by atoms with Crippen LogP contribution >= 0.6 is 11.3 Å². The predicted octanol–water partition coefficient (Wildman–Crippen LogP) is 2.26. The molecule has 0 bridgehead atoms. The number of thiophene rings is 1. The van der Waals surface area contributed by atoms with Crippen LogP contribution < -0.4 is 5.32 Å². The van der Waals surface area contributed by atoms with Gasteiger partial charge in [0.1, 0.15) is 6.23 Å². The van der Waals surface area contributed by atoms with Gasteiger partial charge in [0.25, 0.3) is 0 Å². The van der Waals surface area contributed by atoms with E-state index in [2.05, 4.69) is 36.7 Å². The molecule has 0 amide bonds. The number of rotatable bonds is 2. The minimum atomic E-state index is 0.210. The number of ether oxygens (including phenoxy) is 1. The highest BCUT2D eigenvalue weighted by Gasteiger charge is 2.26. The molecule has 1 aromatic rings. The van der Waals surface area contributed by atoms with Gasteiger partial charge in [-0.05, 0) is 11.4 Å². The zero-order valence-electron chi connectivity index (χ0n) is 8.75. The molecule has 3 heteroatoms. The lowest BCUT2D eigenvalue weighted by Crippen LogP contribution is -2.48. The first-order valence-corrected chi connectivity index (χ1v) is 5.91. The molecule has 1 atom stereocenters. The molecule has 1 unspecified atom stereocenters. The van der Waals surface area contributed by atoms with Crippen molar-refractivity contribution < 1.29 is 4.74 Å². The molecule has 1 aromatic heterocycles. The second-order valence-corrected chi connectivity index (χ2v) is 5.66. The fourth-order valence-electron chi connectivity index (χ4n) is 1.57. The standard InChI is InChI=1S/C11H17NOS/c1-11(2)7-12-10(13-8-11)6-9-4-3-5-14-9/h3-5,10,12H,6-8H2,1-2H3. The van der Waals surface area contributed by atoms with Gasteiger partial charge in [0.05, 0.1) is 6.61 Å². The lowest BCUT2D eigenvalue weighted by molar-refractivity contribution is -0.0562. The van der Waals surface area contributed by atoms with Crippen LogP contribution in [0.15, 0.2) is 17.5 Å². The van der Waals surface area contributed by atoms with E-state index in [-0.39, 0.29) is 11.6 Å². The Morgan fingerprint density at radius 2 is 2.50 bits per heavy atom. The van der Waals surface area contributed by atoms with Gasteiger partial charge in [0.15, 0.2) is 0 Å². The summed E-state index contributed by atoms with van der Waals surface area (Å²) in [6.07, 6.45) is 1.20. The summed E-state index contributed by atoms with van der Waals surface area (Å²) in [6.45, 7) is 6.35. The second kappa shape index (κ2) is 4.01. The van der Waals surface area contributed by atoms with Crippen molar-refractivity contribution in [2.24, 2.45) is 5.41 Å². The number of nitrogens with one attached hydrogen (secondary N) is 1. The highest BCUT2D eigenvalue weighted by atomic mass is 32.1.